The summed E-state index contributed by atoms with van der Waals surface area (Å²) in [5.74, 6) is 0.468. The van der Waals surface area contributed by atoms with Crippen molar-refractivity contribution in [3.63, 3.8) is 0 Å². The Hall–Kier alpha value is -0.860. The van der Waals surface area contributed by atoms with E-state index in [1.807, 2.05) is 18.2 Å². The van der Waals surface area contributed by atoms with Gasteiger partial charge in [-0.3, -0.25) is 0 Å². The Kier molecular flexibility index (Phi) is 4.37. The summed E-state index contributed by atoms with van der Waals surface area (Å²) in [5.41, 5.74) is 1.22. The van der Waals surface area contributed by atoms with E-state index in [0.29, 0.717) is 12.5 Å². The minimum absolute atomic E-state index is 0.0830. The van der Waals surface area contributed by atoms with Crippen molar-refractivity contribution in [1.82, 2.24) is 0 Å². The van der Waals surface area contributed by atoms with Gasteiger partial charge < -0.3 is 9.84 Å². The van der Waals surface area contributed by atoms with Crippen molar-refractivity contribution in [3.8, 4) is 0 Å². The molecule has 1 aliphatic carbocycles. The van der Waals surface area contributed by atoms with Gasteiger partial charge in [0.15, 0.2) is 0 Å². The topological polar surface area (TPSA) is 29.5 Å². The van der Waals surface area contributed by atoms with Crippen LogP contribution in [0, 0.1) is 5.92 Å². The quantitative estimate of drug-likeness (QED) is 0.773. The number of aliphatic hydroxyl groups is 1. The third-order valence-corrected chi connectivity index (χ3v) is 3.36. The van der Waals surface area contributed by atoms with Gasteiger partial charge in [-0.1, -0.05) is 36.8 Å². The molecule has 0 amide bonds. The molecule has 0 spiro atoms. The second-order valence-corrected chi connectivity index (χ2v) is 4.59. The lowest BCUT2D eigenvalue weighted by molar-refractivity contribution is 0.0741. The first-order valence-corrected chi connectivity index (χ1v) is 6.16. The van der Waals surface area contributed by atoms with Crippen LogP contribution in [0.15, 0.2) is 30.3 Å². The molecular formula is C14H20O2. The summed E-state index contributed by atoms with van der Waals surface area (Å²) >= 11 is 0. The van der Waals surface area contributed by atoms with E-state index in [1.165, 1.54) is 12.0 Å². The minimum Gasteiger partial charge on any atom is -0.393 e. The van der Waals surface area contributed by atoms with Gasteiger partial charge in [-0.15, -0.1) is 0 Å². The van der Waals surface area contributed by atoms with E-state index >= 15 is 0 Å². The van der Waals surface area contributed by atoms with Crippen LogP contribution in [0.1, 0.15) is 31.2 Å². The van der Waals surface area contributed by atoms with Crippen LogP contribution in [0.2, 0.25) is 0 Å². The highest BCUT2D eigenvalue weighted by molar-refractivity contribution is 5.13. The second kappa shape index (κ2) is 6.02. The number of ether oxygens (including phenoxy) is 1. The van der Waals surface area contributed by atoms with E-state index in [-0.39, 0.29) is 6.10 Å². The molecule has 0 aromatic heterocycles. The van der Waals surface area contributed by atoms with Crippen molar-refractivity contribution < 1.29 is 9.84 Å². The predicted octanol–water partition coefficient (Wildman–Crippen LogP) is 2.75. The normalized spacial score (nSPS) is 24.8. The SMILES string of the molecule is OC1CCCC1CCOCc1ccccc1. The molecule has 0 aliphatic heterocycles. The zero-order valence-electron chi connectivity index (χ0n) is 9.64. The standard InChI is InChI=1S/C14H20O2/c15-14-8-4-7-13(14)9-10-16-11-12-5-2-1-3-6-12/h1-3,5-6,13-15H,4,7-11H2. The molecule has 1 aromatic carbocycles. The fourth-order valence-corrected chi connectivity index (χ4v) is 2.35. The van der Waals surface area contributed by atoms with Crippen molar-refractivity contribution in [3.05, 3.63) is 35.9 Å². The third-order valence-electron chi connectivity index (χ3n) is 3.36. The highest BCUT2D eigenvalue weighted by Gasteiger charge is 2.24. The van der Waals surface area contributed by atoms with Gasteiger partial charge in [-0.25, -0.2) is 0 Å². The largest absolute Gasteiger partial charge is 0.393 e. The molecule has 0 radical (unpaired) electrons. The summed E-state index contributed by atoms with van der Waals surface area (Å²) in [7, 11) is 0. The zero-order valence-corrected chi connectivity index (χ0v) is 9.64. The molecule has 2 heteroatoms. The minimum atomic E-state index is -0.0830. The highest BCUT2D eigenvalue weighted by atomic mass is 16.5. The Morgan fingerprint density at radius 1 is 1.19 bits per heavy atom. The summed E-state index contributed by atoms with van der Waals surface area (Å²) < 4.78 is 5.62. The molecule has 2 rings (SSSR count). The van der Waals surface area contributed by atoms with E-state index < -0.39 is 0 Å². The van der Waals surface area contributed by atoms with E-state index in [0.717, 1.165) is 25.9 Å². The Labute approximate surface area is 97.3 Å². The van der Waals surface area contributed by atoms with Gasteiger partial charge >= 0.3 is 0 Å². The van der Waals surface area contributed by atoms with Gasteiger partial charge in [-0.2, -0.15) is 0 Å². The maximum atomic E-state index is 9.65. The molecule has 88 valence electrons. The first kappa shape index (κ1) is 11.6. The van der Waals surface area contributed by atoms with Crippen LogP contribution < -0.4 is 0 Å². The van der Waals surface area contributed by atoms with Crippen molar-refractivity contribution in [2.45, 2.75) is 38.4 Å². The van der Waals surface area contributed by atoms with Gasteiger partial charge in [0.25, 0.3) is 0 Å². The number of rotatable bonds is 5. The lowest BCUT2D eigenvalue weighted by Gasteiger charge is -2.13. The Balaban J connectivity index is 1.62. The first-order valence-electron chi connectivity index (χ1n) is 6.16. The Bertz CT molecular complexity index is 297. The lowest BCUT2D eigenvalue weighted by Crippen LogP contribution is -2.15. The molecule has 2 nitrogen and oxygen atoms in total. The van der Waals surface area contributed by atoms with Gasteiger partial charge in [0.2, 0.25) is 0 Å². The van der Waals surface area contributed by atoms with E-state index in [1.54, 1.807) is 0 Å². The molecule has 1 fully saturated rings. The molecule has 16 heavy (non-hydrogen) atoms. The highest BCUT2D eigenvalue weighted by Crippen LogP contribution is 2.28. The molecule has 0 bridgehead atoms. The van der Waals surface area contributed by atoms with Crippen molar-refractivity contribution in [1.29, 1.82) is 0 Å². The van der Waals surface area contributed by atoms with Crippen molar-refractivity contribution in [2.24, 2.45) is 5.92 Å². The van der Waals surface area contributed by atoms with Crippen LogP contribution in [0.5, 0.6) is 0 Å². The molecule has 0 saturated heterocycles. The van der Waals surface area contributed by atoms with Crippen LogP contribution in [-0.2, 0) is 11.3 Å². The van der Waals surface area contributed by atoms with E-state index in [4.69, 9.17) is 4.74 Å². The number of hydrogen-bond donors (Lipinski definition) is 1. The van der Waals surface area contributed by atoms with Crippen LogP contribution >= 0.6 is 0 Å². The molecule has 1 N–H and O–H groups in total. The molecule has 1 aliphatic rings. The van der Waals surface area contributed by atoms with Crippen LogP contribution in [0.25, 0.3) is 0 Å². The number of hydrogen-bond acceptors (Lipinski definition) is 2. The van der Waals surface area contributed by atoms with E-state index in [9.17, 15) is 5.11 Å². The predicted molar refractivity (Wildman–Crippen MR) is 64.1 cm³/mol. The summed E-state index contributed by atoms with van der Waals surface area (Å²) in [4.78, 5) is 0. The van der Waals surface area contributed by atoms with Crippen molar-refractivity contribution >= 4 is 0 Å². The maximum absolute atomic E-state index is 9.65. The fourth-order valence-electron chi connectivity index (χ4n) is 2.35. The first-order chi connectivity index (χ1) is 7.86. The molecule has 2 unspecified atom stereocenters. The number of aliphatic hydroxyl groups excluding tert-OH is 1. The summed E-state index contributed by atoms with van der Waals surface area (Å²) in [6.45, 7) is 1.44. The average Bonchev–Trinajstić information content (AvgIpc) is 2.72. The van der Waals surface area contributed by atoms with E-state index in [2.05, 4.69) is 12.1 Å². The smallest absolute Gasteiger partial charge is 0.0716 e. The molecule has 0 heterocycles. The van der Waals surface area contributed by atoms with Crippen molar-refractivity contribution in [2.75, 3.05) is 6.61 Å². The fraction of sp³-hybridized carbons (Fsp3) is 0.571. The molecule has 2 atom stereocenters. The van der Waals surface area contributed by atoms with Gasteiger partial charge in [0, 0.05) is 6.61 Å². The van der Waals surface area contributed by atoms with Crippen LogP contribution in [0.3, 0.4) is 0 Å². The average molecular weight is 220 g/mol. The van der Waals surface area contributed by atoms with Crippen LogP contribution in [-0.4, -0.2) is 17.8 Å². The van der Waals surface area contributed by atoms with Crippen LogP contribution in [0.4, 0.5) is 0 Å². The van der Waals surface area contributed by atoms with Gasteiger partial charge in [0.05, 0.1) is 12.7 Å². The zero-order chi connectivity index (χ0) is 11.2. The monoisotopic (exact) mass is 220 g/mol. The maximum Gasteiger partial charge on any atom is 0.0716 e. The summed E-state index contributed by atoms with van der Waals surface area (Å²) in [6.07, 6.45) is 4.22. The number of benzene rings is 1. The van der Waals surface area contributed by atoms with Gasteiger partial charge in [-0.05, 0) is 30.7 Å². The summed E-state index contributed by atoms with van der Waals surface area (Å²) in [6, 6.07) is 10.2. The summed E-state index contributed by atoms with van der Waals surface area (Å²) in [5, 5.41) is 9.65. The molecule has 1 aromatic rings. The molecular weight excluding hydrogens is 200 g/mol. The van der Waals surface area contributed by atoms with Gasteiger partial charge in [0.1, 0.15) is 0 Å². The lowest BCUT2D eigenvalue weighted by atomic mass is 10.0. The third kappa shape index (κ3) is 3.32. The second-order valence-electron chi connectivity index (χ2n) is 4.59. The molecule has 1 saturated carbocycles. The Morgan fingerprint density at radius 2 is 2.00 bits per heavy atom. The Morgan fingerprint density at radius 3 is 2.69 bits per heavy atom.